The maximum absolute atomic E-state index is 12.1. The molecule has 1 aliphatic rings. The number of ether oxygens (including phenoxy) is 4. The Kier molecular flexibility index (Phi) is 11.9. The van der Waals surface area contributed by atoms with Gasteiger partial charge in [-0.15, -0.1) is 0 Å². The number of benzene rings is 1. The highest BCUT2D eigenvalue weighted by atomic mass is 32.2. The number of hydrogen-bond donors (Lipinski definition) is 0. The van der Waals surface area contributed by atoms with Gasteiger partial charge >= 0.3 is 7.12 Å². The van der Waals surface area contributed by atoms with Crippen LogP contribution in [0.25, 0.3) is 0 Å². The predicted molar refractivity (Wildman–Crippen MR) is 146 cm³/mol. The lowest BCUT2D eigenvalue weighted by Crippen LogP contribution is -2.41. The van der Waals surface area contributed by atoms with Crippen molar-refractivity contribution >= 4 is 22.7 Å². The van der Waals surface area contributed by atoms with Gasteiger partial charge in [0, 0.05) is 17.9 Å². The molecule has 2 aromatic rings. The molecule has 0 N–H and O–H groups in total. The Balaban J connectivity index is 1.11. The second-order valence-electron chi connectivity index (χ2n) is 10.2. The molecule has 218 valence electrons. The van der Waals surface area contributed by atoms with Crippen LogP contribution in [0.3, 0.4) is 0 Å². The summed E-state index contributed by atoms with van der Waals surface area (Å²) in [6.45, 7) is 13.7. The summed E-state index contributed by atoms with van der Waals surface area (Å²) in [6.07, 6.45) is 3.69. The zero-order valence-corrected chi connectivity index (χ0v) is 24.4. The van der Waals surface area contributed by atoms with E-state index in [-0.39, 0.29) is 29.3 Å². The van der Waals surface area contributed by atoms with Crippen molar-refractivity contribution in [2.75, 3.05) is 59.5 Å². The van der Waals surface area contributed by atoms with Gasteiger partial charge in [-0.1, -0.05) is 17.7 Å². The van der Waals surface area contributed by atoms with Crippen LogP contribution >= 0.6 is 0 Å². The molecule has 1 fully saturated rings. The normalized spacial score (nSPS) is 16.7. The second-order valence-corrected chi connectivity index (χ2v) is 11.8. The maximum atomic E-state index is 12.1. The van der Waals surface area contributed by atoms with Gasteiger partial charge in [0.1, 0.15) is 0 Å². The van der Waals surface area contributed by atoms with Gasteiger partial charge in [0.15, 0.2) is 0 Å². The number of hydrogen-bond acceptors (Lipinski definition) is 10. The molecule has 0 aliphatic carbocycles. The Morgan fingerprint density at radius 3 is 1.82 bits per heavy atom. The van der Waals surface area contributed by atoms with Crippen LogP contribution in [0.2, 0.25) is 0 Å². The van der Waals surface area contributed by atoms with Gasteiger partial charge in [-0.3, -0.25) is 8.86 Å². The quantitative estimate of drug-likeness (QED) is 0.150. The van der Waals surface area contributed by atoms with Crippen LogP contribution in [0.1, 0.15) is 33.3 Å². The zero-order valence-electron chi connectivity index (χ0n) is 23.6. The van der Waals surface area contributed by atoms with Crippen LogP contribution in [0.15, 0.2) is 41.6 Å². The van der Waals surface area contributed by atoms with Crippen molar-refractivity contribution in [3.05, 3.63) is 42.2 Å². The molecule has 0 radical (unpaired) electrons. The zero-order chi connectivity index (χ0) is 28.4. The highest BCUT2D eigenvalue weighted by Gasteiger charge is 2.52. The highest BCUT2D eigenvalue weighted by molar-refractivity contribution is 7.86. The average molecular weight is 568 g/mol. The summed E-state index contributed by atoms with van der Waals surface area (Å²) in [5.41, 5.74) is 1.10. The van der Waals surface area contributed by atoms with Crippen molar-refractivity contribution in [2.45, 2.75) is 57.3 Å². The largest absolute Gasteiger partial charge is 0.498 e. The lowest BCUT2D eigenvalue weighted by atomic mass is 9.82. The van der Waals surface area contributed by atoms with E-state index in [1.165, 1.54) is 12.1 Å². The highest BCUT2D eigenvalue weighted by Crippen LogP contribution is 2.36. The van der Waals surface area contributed by atoms with Crippen LogP contribution in [0.4, 0.5) is 0 Å². The fourth-order valence-electron chi connectivity index (χ4n) is 3.50. The minimum Gasteiger partial charge on any atom is -0.399 e. The van der Waals surface area contributed by atoms with E-state index >= 15 is 0 Å². The topological polar surface area (TPSA) is 117 Å². The maximum Gasteiger partial charge on any atom is 0.498 e. The van der Waals surface area contributed by atoms with Crippen molar-refractivity contribution in [2.24, 2.45) is 0 Å². The van der Waals surface area contributed by atoms with E-state index < -0.39 is 17.2 Å². The number of aromatic nitrogens is 2. The lowest BCUT2D eigenvalue weighted by molar-refractivity contribution is -0.00521. The molecule has 0 spiro atoms. The summed E-state index contributed by atoms with van der Waals surface area (Å²) in [4.78, 5) is 0.132. The number of aryl methyl sites for hydroxylation is 1. The van der Waals surface area contributed by atoms with Gasteiger partial charge in [0.05, 0.1) is 82.1 Å². The molecule has 0 amide bonds. The fourth-order valence-corrected chi connectivity index (χ4v) is 4.39. The second kappa shape index (κ2) is 14.7. The predicted octanol–water partition coefficient (Wildman–Crippen LogP) is 1.96. The van der Waals surface area contributed by atoms with Gasteiger partial charge in [-0.05, 0) is 46.8 Å². The first kappa shape index (κ1) is 31.7. The van der Waals surface area contributed by atoms with Gasteiger partial charge in [0.2, 0.25) is 0 Å². The van der Waals surface area contributed by atoms with Gasteiger partial charge in [-0.2, -0.15) is 13.5 Å². The third-order valence-electron chi connectivity index (χ3n) is 6.54. The first-order valence-corrected chi connectivity index (χ1v) is 14.6. The molecule has 0 bridgehead atoms. The van der Waals surface area contributed by atoms with Crippen molar-refractivity contribution in [1.82, 2.24) is 9.78 Å². The molecule has 1 aromatic carbocycles. The van der Waals surface area contributed by atoms with Crippen LogP contribution in [0.5, 0.6) is 0 Å². The van der Waals surface area contributed by atoms with Gasteiger partial charge < -0.3 is 28.3 Å². The molecule has 11 nitrogen and oxygen atoms in total. The summed E-state index contributed by atoms with van der Waals surface area (Å²) in [7, 11) is -4.19. The van der Waals surface area contributed by atoms with E-state index in [1.807, 2.05) is 45.5 Å². The van der Waals surface area contributed by atoms with E-state index in [0.717, 1.165) is 11.0 Å². The lowest BCUT2D eigenvalue weighted by Gasteiger charge is -2.32. The van der Waals surface area contributed by atoms with Crippen molar-refractivity contribution < 1.29 is 40.9 Å². The summed E-state index contributed by atoms with van der Waals surface area (Å²) >= 11 is 0. The molecule has 0 unspecified atom stereocenters. The van der Waals surface area contributed by atoms with Crippen molar-refractivity contribution in [3.63, 3.8) is 0 Å². The minimum absolute atomic E-state index is 0.0546. The van der Waals surface area contributed by atoms with Crippen LogP contribution in [-0.2, 0) is 49.1 Å². The average Bonchev–Trinajstić information content (AvgIpc) is 3.43. The van der Waals surface area contributed by atoms with E-state index in [0.29, 0.717) is 52.8 Å². The molecule has 13 heteroatoms. The third-order valence-corrected chi connectivity index (χ3v) is 7.86. The van der Waals surface area contributed by atoms with Crippen LogP contribution in [-0.4, -0.2) is 96.0 Å². The molecule has 39 heavy (non-hydrogen) atoms. The van der Waals surface area contributed by atoms with Gasteiger partial charge in [-0.25, -0.2) is 0 Å². The van der Waals surface area contributed by atoms with E-state index in [9.17, 15) is 8.42 Å². The molecular formula is C26H41BN2O9S. The SMILES string of the molecule is Cc1ccc(S(=O)(=O)OCCOCCOCCOCCOCCn2cc(B3OC(C)(C)C(C)(C)O3)cn2)cc1. The standard InChI is InChI=1S/C26H41BN2O9S/c1-22-6-8-24(9-7-22)39(30,31)36-19-18-35-17-16-34-15-14-33-13-12-32-11-10-29-21-23(20-28-29)27-37-25(2,3)26(4,5)38-27/h6-9,20-21H,10-19H2,1-5H3. The minimum atomic E-state index is -3.77. The van der Waals surface area contributed by atoms with E-state index in [4.69, 9.17) is 32.4 Å². The Bertz CT molecular complexity index is 1090. The van der Waals surface area contributed by atoms with E-state index in [1.54, 1.807) is 18.3 Å². The number of nitrogens with zero attached hydrogens (tertiary/aromatic N) is 2. The first-order valence-electron chi connectivity index (χ1n) is 13.2. The molecule has 3 rings (SSSR count). The molecule has 1 aromatic heterocycles. The molecule has 0 saturated carbocycles. The van der Waals surface area contributed by atoms with Crippen molar-refractivity contribution in [1.29, 1.82) is 0 Å². The summed E-state index contributed by atoms with van der Waals surface area (Å²) in [5.74, 6) is 0. The summed E-state index contributed by atoms with van der Waals surface area (Å²) in [5, 5.41) is 4.37. The Morgan fingerprint density at radius 2 is 1.28 bits per heavy atom. The monoisotopic (exact) mass is 568 g/mol. The fraction of sp³-hybridized carbons (Fsp3) is 0.654. The third kappa shape index (κ3) is 9.94. The first-order chi connectivity index (χ1) is 18.5. The molecule has 1 saturated heterocycles. The van der Waals surface area contributed by atoms with Crippen LogP contribution in [0, 0.1) is 6.92 Å². The Labute approximate surface area is 232 Å². The van der Waals surface area contributed by atoms with Crippen molar-refractivity contribution in [3.8, 4) is 0 Å². The van der Waals surface area contributed by atoms with Gasteiger partial charge in [0.25, 0.3) is 10.1 Å². The number of rotatable bonds is 18. The van der Waals surface area contributed by atoms with Crippen LogP contribution < -0.4 is 5.46 Å². The smallest absolute Gasteiger partial charge is 0.399 e. The molecule has 2 heterocycles. The molecular weight excluding hydrogens is 527 g/mol. The summed E-state index contributed by atoms with van der Waals surface area (Å²) < 4.78 is 64.9. The molecule has 1 aliphatic heterocycles. The van der Waals surface area contributed by atoms with E-state index in [2.05, 4.69) is 5.10 Å². The summed E-state index contributed by atoms with van der Waals surface area (Å²) in [6, 6.07) is 6.49. The Morgan fingerprint density at radius 1 is 0.795 bits per heavy atom. The molecule has 0 atom stereocenters. The Hall–Kier alpha value is -1.84.